The lowest BCUT2D eigenvalue weighted by Gasteiger charge is -2.21. The van der Waals surface area contributed by atoms with Crippen molar-refractivity contribution in [3.05, 3.63) is 88.6 Å². The van der Waals surface area contributed by atoms with E-state index in [0.717, 1.165) is 24.2 Å². The third-order valence-electron chi connectivity index (χ3n) is 6.97. The molecule has 8 nitrogen and oxygen atoms in total. The van der Waals surface area contributed by atoms with Gasteiger partial charge in [-0.25, -0.2) is 9.18 Å². The number of aryl methyl sites for hydroxylation is 1. The van der Waals surface area contributed by atoms with Crippen LogP contribution in [0.2, 0.25) is 5.02 Å². The Morgan fingerprint density at radius 3 is 2.47 bits per heavy atom. The SMILES string of the molecule is Cn1ccn(-c2ccc(-c3cc(F)cc(-c4cc(N5CC[C@H](N)C5)c5nccnc5c4)c3O)cc2Cl)c1=O. The molecule has 1 aliphatic rings. The molecule has 0 spiro atoms. The maximum Gasteiger partial charge on any atom is 0.332 e. The smallest absolute Gasteiger partial charge is 0.332 e. The van der Waals surface area contributed by atoms with Gasteiger partial charge in [0.1, 0.15) is 17.1 Å². The molecule has 0 unspecified atom stereocenters. The summed E-state index contributed by atoms with van der Waals surface area (Å²) < 4.78 is 17.9. The summed E-state index contributed by atoms with van der Waals surface area (Å²) in [6.45, 7) is 1.44. The summed E-state index contributed by atoms with van der Waals surface area (Å²) in [6, 6.07) is 11.3. The van der Waals surface area contributed by atoms with E-state index in [-0.39, 0.29) is 28.1 Å². The summed E-state index contributed by atoms with van der Waals surface area (Å²) in [7, 11) is 1.65. The van der Waals surface area contributed by atoms with Gasteiger partial charge in [-0.2, -0.15) is 0 Å². The van der Waals surface area contributed by atoms with Crippen molar-refractivity contribution in [3.63, 3.8) is 0 Å². The van der Waals surface area contributed by atoms with Gasteiger partial charge in [-0.05, 0) is 53.9 Å². The molecular weight excluding hydrogens is 507 g/mol. The number of phenols is 1. The molecule has 1 fully saturated rings. The Morgan fingerprint density at radius 2 is 1.79 bits per heavy atom. The zero-order valence-electron chi connectivity index (χ0n) is 20.5. The van der Waals surface area contributed by atoms with Gasteiger partial charge in [-0.1, -0.05) is 17.7 Å². The second kappa shape index (κ2) is 9.27. The number of benzene rings is 3. The van der Waals surface area contributed by atoms with Gasteiger partial charge in [0, 0.05) is 62.1 Å². The highest BCUT2D eigenvalue weighted by Gasteiger charge is 2.24. The Morgan fingerprint density at radius 1 is 1.03 bits per heavy atom. The molecule has 0 saturated carbocycles. The van der Waals surface area contributed by atoms with E-state index in [1.54, 1.807) is 56.1 Å². The van der Waals surface area contributed by atoms with Crippen LogP contribution in [-0.4, -0.2) is 43.3 Å². The van der Waals surface area contributed by atoms with E-state index in [1.807, 2.05) is 6.07 Å². The number of aromatic nitrogens is 4. The molecule has 192 valence electrons. The molecule has 1 atom stereocenters. The van der Waals surface area contributed by atoms with Gasteiger partial charge >= 0.3 is 5.69 Å². The fraction of sp³-hybridized carbons (Fsp3) is 0.179. The van der Waals surface area contributed by atoms with Crippen molar-refractivity contribution in [2.24, 2.45) is 12.8 Å². The topological polar surface area (TPSA) is 102 Å². The van der Waals surface area contributed by atoms with Gasteiger partial charge in [0.15, 0.2) is 0 Å². The van der Waals surface area contributed by atoms with Gasteiger partial charge in [0.25, 0.3) is 0 Å². The molecule has 38 heavy (non-hydrogen) atoms. The van der Waals surface area contributed by atoms with Crippen molar-refractivity contribution < 1.29 is 9.50 Å². The van der Waals surface area contributed by atoms with E-state index in [2.05, 4.69) is 14.9 Å². The number of halogens is 2. The predicted octanol–water partition coefficient (Wildman–Crippen LogP) is 4.49. The molecule has 0 amide bonds. The van der Waals surface area contributed by atoms with Gasteiger partial charge in [0.2, 0.25) is 0 Å². The number of anilines is 1. The van der Waals surface area contributed by atoms with E-state index in [0.29, 0.717) is 34.4 Å². The highest BCUT2D eigenvalue weighted by molar-refractivity contribution is 6.32. The van der Waals surface area contributed by atoms with Crippen molar-refractivity contribution in [1.82, 2.24) is 19.1 Å². The Balaban J connectivity index is 1.48. The number of hydrogen-bond acceptors (Lipinski definition) is 6. The van der Waals surface area contributed by atoms with Crippen molar-refractivity contribution in [2.45, 2.75) is 12.5 Å². The number of nitrogens with zero attached hydrogens (tertiary/aromatic N) is 5. The summed E-state index contributed by atoms with van der Waals surface area (Å²) in [5.74, 6) is -0.615. The minimum Gasteiger partial charge on any atom is -0.507 e. The minimum absolute atomic E-state index is 0.0546. The molecule has 10 heteroatoms. The molecule has 3 heterocycles. The standard InChI is InChI=1S/C28H24ClFN6O2/c1-34-8-9-36(28(34)38)24-3-2-16(10-22(24)29)20-13-18(30)14-21(27(20)37)17-11-23-26(33-6-5-32-23)25(12-17)35-7-4-19(31)15-35/h2-3,5-6,8-14,19,37H,4,7,15,31H2,1H3/t19-/m0/s1. The summed E-state index contributed by atoms with van der Waals surface area (Å²) in [6.07, 6.45) is 7.34. The van der Waals surface area contributed by atoms with Crippen LogP contribution in [0.15, 0.2) is 72.0 Å². The van der Waals surface area contributed by atoms with Crippen LogP contribution in [0.3, 0.4) is 0 Å². The molecule has 1 saturated heterocycles. The van der Waals surface area contributed by atoms with Gasteiger partial charge in [0.05, 0.1) is 21.9 Å². The molecule has 5 aromatic rings. The average molecular weight is 531 g/mol. The number of rotatable bonds is 4. The first kappa shape index (κ1) is 24.1. The molecule has 2 aromatic heterocycles. The predicted molar refractivity (Wildman–Crippen MR) is 146 cm³/mol. The van der Waals surface area contributed by atoms with E-state index in [4.69, 9.17) is 17.3 Å². The Hall–Kier alpha value is -4.21. The summed E-state index contributed by atoms with van der Waals surface area (Å²) >= 11 is 6.54. The maximum atomic E-state index is 15.0. The summed E-state index contributed by atoms with van der Waals surface area (Å²) in [5.41, 5.74) is 10.3. The zero-order chi connectivity index (χ0) is 26.6. The van der Waals surface area contributed by atoms with Crippen LogP contribution in [0, 0.1) is 5.82 Å². The number of nitrogens with two attached hydrogens (primary N) is 1. The lowest BCUT2D eigenvalue weighted by molar-refractivity contribution is 0.477. The summed E-state index contributed by atoms with van der Waals surface area (Å²) in [4.78, 5) is 23.5. The van der Waals surface area contributed by atoms with Crippen molar-refractivity contribution >= 4 is 28.3 Å². The number of phenolic OH excluding ortho intramolecular Hbond substituents is 1. The van der Waals surface area contributed by atoms with Crippen molar-refractivity contribution in [2.75, 3.05) is 18.0 Å². The molecular formula is C28H24ClFN6O2. The maximum absolute atomic E-state index is 15.0. The van der Waals surface area contributed by atoms with Gasteiger partial charge in [-0.15, -0.1) is 0 Å². The van der Waals surface area contributed by atoms with Crippen LogP contribution in [0.25, 0.3) is 39.0 Å². The van der Waals surface area contributed by atoms with Crippen LogP contribution in [-0.2, 0) is 7.05 Å². The first-order valence-corrected chi connectivity index (χ1v) is 12.5. The quantitative estimate of drug-likeness (QED) is 0.355. The van der Waals surface area contributed by atoms with Crippen LogP contribution < -0.4 is 16.3 Å². The summed E-state index contributed by atoms with van der Waals surface area (Å²) in [5, 5.41) is 11.7. The number of imidazole rings is 1. The lowest BCUT2D eigenvalue weighted by atomic mass is 9.96. The van der Waals surface area contributed by atoms with Crippen LogP contribution in [0.1, 0.15) is 6.42 Å². The fourth-order valence-electron chi connectivity index (χ4n) is 5.02. The van der Waals surface area contributed by atoms with Crippen molar-refractivity contribution in [3.8, 4) is 33.7 Å². The second-order valence-corrected chi connectivity index (χ2v) is 9.90. The van der Waals surface area contributed by atoms with E-state index < -0.39 is 5.82 Å². The van der Waals surface area contributed by atoms with Crippen LogP contribution in [0.5, 0.6) is 5.75 Å². The van der Waals surface area contributed by atoms with Gasteiger partial charge in [-0.3, -0.25) is 14.5 Å². The van der Waals surface area contributed by atoms with Crippen LogP contribution >= 0.6 is 11.6 Å². The van der Waals surface area contributed by atoms with E-state index in [9.17, 15) is 14.3 Å². The first-order chi connectivity index (χ1) is 18.3. The highest BCUT2D eigenvalue weighted by atomic mass is 35.5. The second-order valence-electron chi connectivity index (χ2n) is 9.49. The van der Waals surface area contributed by atoms with Crippen LogP contribution in [0.4, 0.5) is 10.1 Å². The fourth-order valence-corrected chi connectivity index (χ4v) is 5.29. The zero-order valence-corrected chi connectivity index (χ0v) is 21.2. The highest BCUT2D eigenvalue weighted by Crippen LogP contribution is 2.42. The Labute approximate surface area is 222 Å². The molecule has 3 N–H and O–H groups in total. The Bertz CT molecular complexity index is 1760. The number of fused-ring (bicyclic) bond motifs is 1. The van der Waals surface area contributed by atoms with Gasteiger partial charge < -0.3 is 20.3 Å². The third-order valence-corrected chi connectivity index (χ3v) is 7.27. The number of hydrogen-bond donors (Lipinski definition) is 2. The van der Waals surface area contributed by atoms with E-state index in [1.165, 1.54) is 21.3 Å². The molecule has 1 aliphatic heterocycles. The Kier molecular flexibility index (Phi) is 5.89. The molecule has 6 rings (SSSR count). The lowest BCUT2D eigenvalue weighted by Crippen LogP contribution is -2.26. The monoisotopic (exact) mass is 530 g/mol. The molecule has 0 bridgehead atoms. The molecule has 0 radical (unpaired) electrons. The third kappa shape index (κ3) is 4.09. The normalized spacial score (nSPS) is 15.5. The first-order valence-electron chi connectivity index (χ1n) is 12.1. The van der Waals surface area contributed by atoms with E-state index >= 15 is 0 Å². The largest absolute Gasteiger partial charge is 0.507 e. The minimum atomic E-state index is -0.517. The average Bonchev–Trinajstić information content (AvgIpc) is 3.49. The molecule has 0 aliphatic carbocycles. The van der Waals surface area contributed by atoms with Crippen molar-refractivity contribution in [1.29, 1.82) is 0 Å². The molecule has 3 aromatic carbocycles. The number of aromatic hydroxyl groups is 1.